The van der Waals surface area contributed by atoms with Crippen LogP contribution >= 0.6 is 15.9 Å². The number of aromatic nitrogens is 2. The summed E-state index contributed by atoms with van der Waals surface area (Å²) in [6.07, 6.45) is 1.98. The van der Waals surface area contributed by atoms with E-state index in [1.54, 1.807) is 7.11 Å². The Bertz CT molecular complexity index is 519. The zero-order chi connectivity index (χ0) is 13.7. The molecule has 0 atom stereocenters. The Hall–Kier alpha value is -1.17. The van der Waals surface area contributed by atoms with Gasteiger partial charge in [-0.15, -0.1) is 0 Å². The minimum absolute atomic E-state index is 0.714. The molecule has 0 aliphatic heterocycles. The molecule has 0 aliphatic rings. The van der Waals surface area contributed by atoms with Gasteiger partial charge in [-0.3, -0.25) is 0 Å². The van der Waals surface area contributed by atoms with Crippen molar-refractivity contribution in [3.8, 4) is 5.69 Å². The number of methoxy groups -OCH3 is 1. The Morgan fingerprint density at radius 3 is 2.95 bits per heavy atom. The Morgan fingerprint density at radius 2 is 2.21 bits per heavy atom. The smallest absolute Gasteiger partial charge is 0.0766 e. The first-order chi connectivity index (χ1) is 9.19. The molecule has 0 bridgehead atoms. The molecule has 5 heteroatoms. The van der Waals surface area contributed by atoms with Crippen LogP contribution in [0.1, 0.15) is 11.3 Å². The van der Waals surface area contributed by atoms with Gasteiger partial charge in [-0.05, 0) is 36.8 Å². The molecule has 0 fully saturated rings. The van der Waals surface area contributed by atoms with Crippen molar-refractivity contribution in [3.63, 3.8) is 0 Å². The number of aryl methyl sites for hydroxylation is 1. The standard InChI is InChI=1S/C14H18BrN3O/c1-11-7-12(15)9-14(8-11)18-5-3-13(17-18)10-16-4-6-19-2/h3,5,7-9,16H,4,6,10H2,1-2H3. The van der Waals surface area contributed by atoms with Gasteiger partial charge >= 0.3 is 0 Å². The molecule has 1 aromatic heterocycles. The van der Waals surface area contributed by atoms with Gasteiger partial charge in [0.05, 0.1) is 18.0 Å². The maximum atomic E-state index is 4.99. The molecule has 19 heavy (non-hydrogen) atoms. The van der Waals surface area contributed by atoms with Gasteiger partial charge in [-0.1, -0.05) is 15.9 Å². The number of nitrogens with zero attached hydrogens (tertiary/aromatic N) is 2. The Labute approximate surface area is 121 Å². The molecule has 0 unspecified atom stereocenters. The van der Waals surface area contributed by atoms with Crippen LogP contribution in [0.3, 0.4) is 0 Å². The Balaban J connectivity index is 2.03. The molecule has 102 valence electrons. The van der Waals surface area contributed by atoms with Gasteiger partial charge in [-0.25, -0.2) is 4.68 Å². The molecule has 2 rings (SSSR count). The van der Waals surface area contributed by atoms with E-state index < -0.39 is 0 Å². The van der Waals surface area contributed by atoms with Gasteiger partial charge in [0.2, 0.25) is 0 Å². The van der Waals surface area contributed by atoms with Gasteiger partial charge in [-0.2, -0.15) is 5.10 Å². The van der Waals surface area contributed by atoms with E-state index in [4.69, 9.17) is 4.74 Å². The second-order valence-corrected chi connectivity index (χ2v) is 5.32. The van der Waals surface area contributed by atoms with Crippen LogP contribution in [0, 0.1) is 6.92 Å². The summed E-state index contributed by atoms with van der Waals surface area (Å²) in [5.41, 5.74) is 3.29. The monoisotopic (exact) mass is 323 g/mol. The second kappa shape index (κ2) is 6.84. The number of rotatable bonds is 6. The number of hydrogen-bond donors (Lipinski definition) is 1. The quantitative estimate of drug-likeness (QED) is 0.831. The number of ether oxygens (including phenoxy) is 1. The van der Waals surface area contributed by atoms with Crippen LogP contribution in [-0.2, 0) is 11.3 Å². The fourth-order valence-electron chi connectivity index (χ4n) is 1.84. The summed E-state index contributed by atoms with van der Waals surface area (Å²) in [5, 5.41) is 7.83. The number of nitrogens with one attached hydrogen (secondary N) is 1. The number of hydrogen-bond acceptors (Lipinski definition) is 3. The van der Waals surface area contributed by atoms with Crippen molar-refractivity contribution < 1.29 is 4.74 Å². The summed E-state index contributed by atoms with van der Waals surface area (Å²) < 4.78 is 7.95. The van der Waals surface area contributed by atoms with E-state index in [1.165, 1.54) is 5.56 Å². The molecule has 0 saturated heterocycles. The molecule has 0 aliphatic carbocycles. The molecule has 1 heterocycles. The van der Waals surface area contributed by atoms with Gasteiger partial charge in [0, 0.05) is 30.9 Å². The highest BCUT2D eigenvalue weighted by molar-refractivity contribution is 9.10. The minimum Gasteiger partial charge on any atom is -0.383 e. The summed E-state index contributed by atoms with van der Waals surface area (Å²) in [7, 11) is 1.70. The lowest BCUT2D eigenvalue weighted by atomic mass is 10.2. The predicted octanol–water partition coefficient (Wildman–Crippen LogP) is 2.68. The first kappa shape index (κ1) is 14.2. The molecule has 0 spiro atoms. The molecule has 4 nitrogen and oxygen atoms in total. The van der Waals surface area contributed by atoms with E-state index in [9.17, 15) is 0 Å². The van der Waals surface area contributed by atoms with Crippen LogP contribution in [0.4, 0.5) is 0 Å². The van der Waals surface area contributed by atoms with Crippen LogP contribution in [0.25, 0.3) is 5.69 Å². The summed E-state index contributed by atoms with van der Waals surface area (Å²) in [6, 6.07) is 8.28. The third kappa shape index (κ3) is 4.16. The predicted molar refractivity (Wildman–Crippen MR) is 79.6 cm³/mol. The topological polar surface area (TPSA) is 39.1 Å². The summed E-state index contributed by atoms with van der Waals surface area (Å²) in [5.74, 6) is 0. The van der Waals surface area contributed by atoms with E-state index in [1.807, 2.05) is 16.9 Å². The zero-order valence-electron chi connectivity index (χ0n) is 11.2. The normalized spacial score (nSPS) is 10.9. The summed E-state index contributed by atoms with van der Waals surface area (Å²) >= 11 is 3.51. The average Bonchev–Trinajstić information content (AvgIpc) is 2.82. The Morgan fingerprint density at radius 1 is 1.37 bits per heavy atom. The molecule has 0 amide bonds. The maximum Gasteiger partial charge on any atom is 0.0766 e. The molecule has 1 N–H and O–H groups in total. The zero-order valence-corrected chi connectivity index (χ0v) is 12.8. The molecule has 1 aromatic carbocycles. The van der Waals surface area contributed by atoms with Gasteiger partial charge in [0.25, 0.3) is 0 Å². The van der Waals surface area contributed by atoms with Crippen molar-refractivity contribution in [1.29, 1.82) is 0 Å². The highest BCUT2D eigenvalue weighted by Crippen LogP contribution is 2.18. The van der Waals surface area contributed by atoms with Gasteiger partial charge in [0.1, 0.15) is 0 Å². The van der Waals surface area contributed by atoms with Crippen LogP contribution in [0.15, 0.2) is 34.9 Å². The minimum atomic E-state index is 0.714. The third-order valence-corrected chi connectivity index (χ3v) is 3.18. The molecular weight excluding hydrogens is 306 g/mol. The SMILES string of the molecule is COCCNCc1ccn(-c2cc(C)cc(Br)c2)n1. The van der Waals surface area contributed by atoms with E-state index in [-0.39, 0.29) is 0 Å². The van der Waals surface area contributed by atoms with Gasteiger partial charge < -0.3 is 10.1 Å². The van der Waals surface area contributed by atoms with Crippen molar-refractivity contribution >= 4 is 15.9 Å². The first-order valence-electron chi connectivity index (χ1n) is 6.21. The van der Waals surface area contributed by atoms with E-state index in [2.05, 4.69) is 51.5 Å². The van der Waals surface area contributed by atoms with Crippen molar-refractivity contribution in [3.05, 3.63) is 46.2 Å². The third-order valence-electron chi connectivity index (χ3n) is 2.72. The highest BCUT2D eigenvalue weighted by atomic mass is 79.9. The maximum absolute atomic E-state index is 4.99. The van der Waals surface area contributed by atoms with Crippen molar-refractivity contribution in [1.82, 2.24) is 15.1 Å². The van der Waals surface area contributed by atoms with Crippen LogP contribution < -0.4 is 5.32 Å². The molecular formula is C14H18BrN3O. The van der Waals surface area contributed by atoms with Crippen molar-refractivity contribution in [2.75, 3.05) is 20.3 Å². The molecule has 0 saturated carbocycles. The van der Waals surface area contributed by atoms with E-state index >= 15 is 0 Å². The highest BCUT2D eigenvalue weighted by Gasteiger charge is 2.02. The van der Waals surface area contributed by atoms with Crippen LogP contribution in [-0.4, -0.2) is 30.0 Å². The lowest BCUT2D eigenvalue weighted by molar-refractivity contribution is 0.199. The molecule has 0 radical (unpaired) electrons. The van der Waals surface area contributed by atoms with Gasteiger partial charge in [0.15, 0.2) is 0 Å². The number of benzene rings is 1. The van der Waals surface area contributed by atoms with Crippen molar-refractivity contribution in [2.45, 2.75) is 13.5 Å². The summed E-state index contributed by atoms with van der Waals surface area (Å²) in [4.78, 5) is 0. The van der Waals surface area contributed by atoms with Crippen LogP contribution in [0.2, 0.25) is 0 Å². The first-order valence-corrected chi connectivity index (χ1v) is 7.00. The largest absolute Gasteiger partial charge is 0.383 e. The second-order valence-electron chi connectivity index (χ2n) is 4.41. The van der Waals surface area contributed by atoms with E-state index in [0.29, 0.717) is 6.61 Å². The fourth-order valence-corrected chi connectivity index (χ4v) is 2.44. The number of halogens is 1. The fraction of sp³-hybridized carbons (Fsp3) is 0.357. The lowest BCUT2D eigenvalue weighted by Gasteiger charge is -2.04. The van der Waals surface area contributed by atoms with Crippen LogP contribution in [0.5, 0.6) is 0 Å². The summed E-state index contributed by atoms with van der Waals surface area (Å²) in [6.45, 7) is 4.37. The average molecular weight is 324 g/mol. The molecule has 2 aromatic rings. The lowest BCUT2D eigenvalue weighted by Crippen LogP contribution is -2.18. The van der Waals surface area contributed by atoms with Crippen molar-refractivity contribution in [2.24, 2.45) is 0 Å². The van der Waals surface area contributed by atoms with E-state index in [0.717, 1.165) is 28.9 Å². The Kier molecular flexibility index (Phi) is 5.13.